The first-order valence-electron chi connectivity index (χ1n) is 10.3. The first-order valence-corrected chi connectivity index (χ1v) is 10.3. The molecule has 0 bridgehead atoms. The number of fused-ring (bicyclic) bond motifs is 2. The molecule has 32 heavy (non-hydrogen) atoms. The highest BCUT2D eigenvalue weighted by Crippen LogP contribution is 2.29. The highest BCUT2D eigenvalue weighted by atomic mass is 16.2. The van der Waals surface area contributed by atoms with Gasteiger partial charge in [0.25, 0.3) is 5.91 Å². The second-order valence-electron chi connectivity index (χ2n) is 7.84. The first kappa shape index (κ1) is 19.7. The number of aryl methyl sites for hydroxylation is 1. The van der Waals surface area contributed by atoms with Crippen LogP contribution < -0.4 is 15.9 Å². The molecule has 0 unspecified atom stereocenters. The standard InChI is InChI=1S/C22H21N7O3/c1-29-17-11-16-15(24-22(32)25-16)10-13(17)7-8-14(21(29)31)23-20(30)19-26-18(27-28-19)9-12-5-3-2-4-6-12/h2-6,10-11,14H,7-9H2,1H3,(H,23,30)(H2,24,25,32)(H,26,27,28)/t14-/m0/s1. The van der Waals surface area contributed by atoms with E-state index in [-0.39, 0.29) is 17.4 Å². The summed E-state index contributed by atoms with van der Waals surface area (Å²) >= 11 is 0. The molecule has 0 saturated carbocycles. The smallest absolute Gasteiger partial charge is 0.323 e. The van der Waals surface area contributed by atoms with Crippen molar-refractivity contribution in [1.29, 1.82) is 0 Å². The maximum absolute atomic E-state index is 13.0. The van der Waals surface area contributed by atoms with E-state index in [0.29, 0.717) is 41.8 Å². The molecule has 4 aromatic rings. The van der Waals surface area contributed by atoms with E-state index in [2.05, 4.69) is 30.5 Å². The number of imidazole rings is 1. The van der Waals surface area contributed by atoms with Gasteiger partial charge in [-0.1, -0.05) is 30.3 Å². The number of amides is 2. The number of H-pyrrole nitrogens is 3. The Bertz CT molecular complexity index is 1370. The lowest BCUT2D eigenvalue weighted by Crippen LogP contribution is -2.47. The minimum atomic E-state index is -0.714. The fourth-order valence-corrected chi connectivity index (χ4v) is 4.03. The number of aromatic nitrogens is 5. The monoisotopic (exact) mass is 431 g/mol. The van der Waals surface area contributed by atoms with Gasteiger partial charge in [0, 0.05) is 19.2 Å². The van der Waals surface area contributed by atoms with Gasteiger partial charge in [-0.05, 0) is 36.1 Å². The van der Waals surface area contributed by atoms with Crippen LogP contribution in [-0.4, -0.2) is 50.1 Å². The van der Waals surface area contributed by atoms with Crippen molar-refractivity contribution in [2.24, 2.45) is 0 Å². The molecular formula is C22H21N7O3. The number of aromatic amines is 3. The number of anilines is 1. The van der Waals surface area contributed by atoms with Gasteiger partial charge >= 0.3 is 5.69 Å². The zero-order valence-electron chi connectivity index (χ0n) is 17.3. The van der Waals surface area contributed by atoms with E-state index in [1.165, 1.54) is 4.90 Å². The summed E-state index contributed by atoms with van der Waals surface area (Å²) < 4.78 is 0. The van der Waals surface area contributed by atoms with Crippen LogP contribution in [0.2, 0.25) is 0 Å². The first-order chi connectivity index (χ1) is 15.5. The molecule has 2 aromatic heterocycles. The van der Waals surface area contributed by atoms with E-state index in [4.69, 9.17) is 0 Å². The lowest BCUT2D eigenvalue weighted by atomic mass is 10.0. The molecule has 0 aliphatic carbocycles. The van der Waals surface area contributed by atoms with E-state index in [9.17, 15) is 14.4 Å². The van der Waals surface area contributed by atoms with Gasteiger partial charge in [0.2, 0.25) is 11.7 Å². The molecule has 0 spiro atoms. The number of nitrogens with zero attached hydrogens (tertiary/aromatic N) is 3. The van der Waals surface area contributed by atoms with Gasteiger partial charge < -0.3 is 20.2 Å². The number of hydrogen-bond acceptors (Lipinski definition) is 5. The molecule has 3 heterocycles. The number of hydrogen-bond donors (Lipinski definition) is 4. The molecule has 10 nitrogen and oxygen atoms in total. The summed E-state index contributed by atoms with van der Waals surface area (Å²) in [6.07, 6.45) is 1.51. The summed E-state index contributed by atoms with van der Waals surface area (Å²) in [4.78, 5) is 48.6. The van der Waals surface area contributed by atoms with Gasteiger partial charge in [0.15, 0.2) is 0 Å². The average molecular weight is 431 g/mol. The molecule has 4 N–H and O–H groups in total. The Kier molecular flexibility index (Phi) is 4.81. The Labute approximate surface area is 182 Å². The lowest BCUT2D eigenvalue weighted by molar-refractivity contribution is -0.120. The van der Waals surface area contributed by atoms with Crippen molar-refractivity contribution >= 4 is 28.5 Å². The van der Waals surface area contributed by atoms with Gasteiger partial charge in [0.1, 0.15) is 11.9 Å². The van der Waals surface area contributed by atoms with Gasteiger partial charge in [-0.25, -0.2) is 9.78 Å². The Morgan fingerprint density at radius 3 is 2.69 bits per heavy atom. The largest absolute Gasteiger partial charge is 0.337 e. The predicted molar refractivity (Wildman–Crippen MR) is 118 cm³/mol. The minimum absolute atomic E-state index is 0.000894. The van der Waals surface area contributed by atoms with E-state index in [1.54, 1.807) is 13.1 Å². The molecule has 0 radical (unpaired) electrons. The van der Waals surface area contributed by atoms with Gasteiger partial charge in [-0.2, -0.15) is 0 Å². The Morgan fingerprint density at radius 2 is 1.91 bits per heavy atom. The third-order valence-corrected chi connectivity index (χ3v) is 5.66. The van der Waals surface area contributed by atoms with E-state index >= 15 is 0 Å². The molecule has 1 aliphatic heterocycles. The Morgan fingerprint density at radius 1 is 1.16 bits per heavy atom. The fraction of sp³-hybridized carbons (Fsp3) is 0.227. The van der Waals surface area contributed by atoms with Crippen LogP contribution >= 0.6 is 0 Å². The SMILES string of the molecule is CN1C(=O)[C@@H](NC(=O)c2n[nH]c(Cc3ccccc3)n2)CCc2cc3[nH]c(=O)[nH]c3cc21. The van der Waals surface area contributed by atoms with Crippen molar-refractivity contribution in [1.82, 2.24) is 30.5 Å². The highest BCUT2D eigenvalue weighted by molar-refractivity contribution is 6.03. The molecule has 2 aromatic carbocycles. The topological polar surface area (TPSA) is 140 Å². The number of carbonyl (C=O) groups excluding carboxylic acids is 2. The van der Waals surface area contributed by atoms with Crippen LogP contribution in [0.1, 0.15) is 34.0 Å². The highest BCUT2D eigenvalue weighted by Gasteiger charge is 2.31. The fourth-order valence-electron chi connectivity index (χ4n) is 4.03. The molecule has 0 fully saturated rings. The van der Waals surface area contributed by atoms with Crippen LogP contribution in [0.3, 0.4) is 0 Å². The number of benzene rings is 2. The maximum atomic E-state index is 13.0. The molecule has 10 heteroatoms. The normalized spacial score (nSPS) is 16.1. The van der Waals surface area contributed by atoms with Crippen LogP contribution in [0.4, 0.5) is 5.69 Å². The van der Waals surface area contributed by atoms with E-state index < -0.39 is 11.9 Å². The average Bonchev–Trinajstić information content (AvgIpc) is 3.38. The summed E-state index contributed by atoms with van der Waals surface area (Å²) in [5.41, 5.74) is 3.69. The van der Waals surface area contributed by atoms with Crippen LogP contribution in [0, 0.1) is 0 Å². The van der Waals surface area contributed by atoms with Crippen molar-refractivity contribution in [3.63, 3.8) is 0 Å². The third-order valence-electron chi connectivity index (χ3n) is 5.66. The molecule has 1 aliphatic rings. The number of rotatable bonds is 4. The van der Waals surface area contributed by atoms with Crippen molar-refractivity contribution in [3.05, 3.63) is 75.7 Å². The van der Waals surface area contributed by atoms with Gasteiger partial charge in [0.05, 0.1) is 11.0 Å². The quantitative estimate of drug-likeness (QED) is 0.385. The summed E-state index contributed by atoms with van der Waals surface area (Å²) in [6.45, 7) is 0. The van der Waals surface area contributed by atoms with Crippen LogP contribution in [0.25, 0.3) is 11.0 Å². The number of nitrogens with one attached hydrogen (secondary N) is 4. The van der Waals surface area contributed by atoms with Crippen molar-refractivity contribution in [2.45, 2.75) is 25.3 Å². The minimum Gasteiger partial charge on any atom is -0.337 e. The summed E-state index contributed by atoms with van der Waals surface area (Å²) in [6, 6.07) is 12.7. The summed E-state index contributed by atoms with van der Waals surface area (Å²) in [7, 11) is 1.66. The number of carbonyl (C=O) groups is 2. The zero-order chi connectivity index (χ0) is 22.2. The zero-order valence-corrected chi connectivity index (χ0v) is 17.3. The summed E-state index contributed by atoms with van der Waals surface area (Å²) in [5.74, 6) is -0.176. The van der Waals surface area contributed by atoms with Crippen molar-refractivity contribution in [3.8, 4) is 0 Å². The number of likely N-dealkylation sites (N-methyl/N-ethyl adjacent to an activating group) is 1. The predicted octanol–water partition coefficient (Wildman–Crippen LogP) is 1.27. The second-order valence-corrected chi connectivity index (χ2v) is 7.84. The molecule has 2 amide bonds. The molecule has 1 atom stereocenters. The Hall–Kier alpha value is -4.21. The van der Waals surface area contributed by atoms with E-state index in [0.717, 1.165) is 11.1 Å². The van der Waals surface area contributed by atoms with Crippen LogP contribution in [-0.2, 0) is 17.6 Å². The van der Waals surface area contributed by atoms with Crippen molar-refractivity contribution in [2.75, 3.05) is 11.9 Å². The van der Waals surface area contributed by atoms with Gasteiger partial charge in [-0.15, -0.1) is 5.10 Å². The third kappa shape index (κ3) is 3.66. The lowest BCUT2D eigenvalue weighted by Gasteiger charge is -2.21. The molecular weight excluding hydrogens is 410 g/mol. The Balaban J connectivity index is 1.32. The van der Waals surface area contributed by atoms with E-state index in [1.807, 2.05) is 36.4 Å². The summed E-state index contributed by atoms with van der Waals surface area (Å²) in [5, 5.41) is 9.57. The van der Waals surface area contributed by atoms with Crippen LogP contribution in [0.5, 0.6) is 0 Å². The van der Waals surface area contributed by atoms with Crippen molar-refractivity contribution < 1.29 is 9.59 Å². The molecule has 162 valence electrons. The molecule has 5 rings (SSSR count). The molecule has 0 saturated heterocycles. The maximum Gasteiger partial charge on any atom is 0.323 e. The van der Waals surface area contributed by atoms with Gasteiger partial charge in [-0.3, -0.25) is 14.7 Å². The second kappa shape index (κ2) is 7.80. The van der Waals surface area contributed by atoms with Crippen LogP contribution in [0.15, 0.2) is 47.3 Å².